The second kappa shape index (κ2) is 7.63. The van der Waals surface area contributed by atoms with Crippen LogP contribution < -0.4 is 4.74 Å². The molecule has 3 aromatic heterocycles. The van der Waals surface area contributed by atoms with E-state index in [0.29, 0.717) is 6.61 Å². The Balaban J connectivity index is 1.36. The molecule has 124 valence electrons. The highest BCUT2D eigenvalue weighted by Gasteiger charge is 2.06. The third kappa shape index (κ3) is 3.97. The summed E-state index contributed by atoms with van der Waals surface area (Å²) >= 11 is 3.42. The Hall–Kier alpha value is -2.44. The minimum Gasteiger partial charge on any atom is -0.487 e. The summed E-state index contributed by atoms with van der Waals surface area (Å²) < 4.78 is 6.92. The summed E-state index contributed by atoms with van der Waals surface area (Å²) in [6.07, 6.45) is 3.41. The number of nitrogens with zero attached hydrogens (tertiary/aromatic N) is 3. The third-order valence-corrected chi connectivity index (χ3v) is 5.72. The number of ether oxygens (including phenoxy) is 1. The van der Waals surface area contributed by atoms with E-state index in [1.807, 2.05) is 36.4 Å². The van der Waals surface area contributed by atoms with E-state index in [1.165, 1.54) is 5.56 Å². The van der Waals surface area contributed by atoms with Crippen LogP contribution in [0.2, 0.25) is 0 Å². The van der Waals surface area contributed by atoms with E-state index in [1.54, 1.807) is 35.6 Å². The molecule has 4 rings (SSSR count). The van der Waals surface area contributed by atoms with Crippen molar-refractivity contribution < 1.29 is 4.74 Å². The van der Waals surface area contributed by atoms with Crippen LogP contribution in [0.15, 0.2) is 71.5 Å². The number of pyridine rings is 1. The smallest absolute Gasteiger partial charge is 0.130 e. The van der Waals surface area contributed by atoms with Crippen molar-refractivity contribution in [2.75, 3.05) is 0 Å². The van der Waals surface area contributed by atoms with Gasteiger partial charge in [-0.05, 0) is 41.3 Å². The number of thioether (sulfide) groups is 1. The maximum absolute atomic E-state index is 5.77. The Morgan fingerprint density at radius 1 is 0.960 bits per heavy atom. The molecule has 0 radical (unpaired) electrons. The highest BCUT2D eigenvalue weighted by molar-refractivity contribution is 7.98. The number of rotatable bonds is 6. The third-order valence-electron chi connectivity index (χ3n) is 3.62. The van der Waals surface area contributed by atoms with Gasteiger partial charge in [0.05, 0.1) is 15.9 Å². The van der Waals surface area contributed by atoms with Crippen molar-refractivity contribution in [2.24, 2.45) is 0 Å². The summed E-state index contributed by atoms with van der Waals surface area (Å²) in [7, 11) is 0. The van der Waals surface area contributed by atoms with Crippen LogP contribution in [0.25, 0.3) is 10.2 Å². The van der Waals surface area contributed by atoms with Gasteiger partial charge in [-0.3, -0.25) is 4.98 Å². The SMILES string of the molecule is c1ccc(COc2ccc(CSc3ncnc4ccsc34)cc2)nc1. The van der Waals surface area contributed by atoms with E-state index in [9.17, 15) is 0 Å². The fourth-order valence-electron chi connectivity index (χ4n) is 2.34. The lowest BCUT2D eigenvalue weighted by molar-refractivity contribution is 0.301. The van der Waals surface area contributed by atoms with Crippen LogP contribution in [0.3, 0.4) is 0 Å². The quantitative estimate of drug-likeness (QED) is 0.357. The number of hydrogen-bond acceptors (Lipinski definition) is 6. The van der Waals surface area contributed by atoms with Crippen molar-refractivity contribution in [3.05, 3.63) is 77.7 Å². The van der Waals surface area contributed by atoms with E-state index < -0.39 is 0 Å². The van der Waals surface area contributed by atoms with Gasteiger partial charge in [0.25, 0.3) is 0 Å². The molecule has 4 aromatic rings. The molecular formula is C19H15N3OS2. The minimum absolute atomic E-state index is 0.478. The molecule has 0 amide bonds. The first-order valence-corrected chi connectivity index (χ1v) is 9.68. The lowest BCUT2D eigenvalue weighted by Crippen LogP contribution is -1.97. The molecule has 0 saturated heterocycles. The van der Waals surface area contributed by atoms with Crippen LogP contribution in [0.1, 0.15) is 11.3 Å². The van der Waals surface area contributed by atoms with E-state index in [-0.39, 0.29) is 0 Å². The maximum Gasteiger partial charge on any atom is 0.130 e. The van der Waals surface area contributed by atoms with Crippen molar-refractivity contribution in [1.82, 2.24) is 15.0 Å². The van der Waals surface area contributed by atoms with E-state index in [0.717, 1.165) is 32.4 Å². The van der Waals surface area contributed by atoms with Gasteiger partial charge >= 0.3 is 0 Å². The predicted octanol–water partition coefficient (Wildman–Crippen LogP) is 4.96. The number of fused-ring (bicyclic) bond motifs is 1. The van der Waals surface area contributed by atoms with Gasteiger partial charge in [0.15, 0.2) is 0 Å². The van der Waals surface area contributed by atoms with E-state index in [2.05, 4.69) is 32.5 Å². The predicted molar refractivity (Wildman–Crippen MR) is 102 cm³/mol. The van der Waals surface area contributed by atoms with Crippen LogP contribution in [0.5, 0.6) is 5.75 Å². The number of aromatic nitrogens is 3. The molecule has 6 heteroatoms. The molecule has 0 spiro atoms. The van der Waals surface area contributed by atoms with Gasteiger partial charge in [0.1, 0.15) is 23.7 Å². The first kappa shape index (κ1) is 16.1. The second-order valence-electron chi connectivity index (χ2n) is 5.36. The first-order valence-electron chi connectivity index (χ1n) is 7.81. The van der Waals surface area contributed by atoms with E-state index in [4.69, 9.17) is 4.74 Å². The summed E-state index contributed by atoms with van der Waals surface area (Å²) in [5.41, 5.74) is 3.17. The molecule has 0 fully saturated rings. The standard InChI is InChI=1S/C19H15N3OS2/c1-2-9-20-15(3-1)11-23-16-6-4-14(5-7-16)12-25-19-18-17(8-10-24-18)21-13-22-19/h1-10,13H,11-12H2. The molecule has 4 nitrogen and oxygen atoms in total. The molecule has 0 N–H and O–H groups in total. The summed E-state index contributed by atoms with van der Waals surface area (Å²) in [6.45, 7) is 0.478. The Morgan fingerprint density at radius 2 is 1.88 bits per heavy atom. The average Bonchev–Trinajstić information content (AvgIpc) is 3.16. The molecule has 0 aliphatic carbocycles. The van der Waals surface area contributed by atoms with Gasteiger partial charge in [-0.1, -0.05) is 18.2 Å². The minimum atomic E-state index is 0.478. The van der Waals surface area contributed by atoms with Crippen LogP contribution in [-0.2, 0) is 12.4 Å². The lowest BCUT2D eigenvalue weighted by Gasteiger charge is -2.07. The molecule has 0 aliphatic rings. The zero-order chi connectivity index (χ0) is 16.9. The highest BCUT2D eigenvalue weighted by Crippen LogP contribution is 2.31. The van der Waals surface area contributed by atoms with Gasteiger partial charge in [0.2, 0.25) is 0 Å². The molecule has 25 heavy (non-hydrogen) atoms. The van der Waals surface area contributed by atoms with E-state index >= 15 is 0 Å². The number of hydrogen-bond donors (Lipinski definition) is 0. The molecule has 3 heterocycles. The second-order valence-corrected chi connectivity index (χ2v) is 7.24. The Labute approximate surface area is 153 Å². The molecular weight excluding hydrogens is 350 g/mol. The monoisotopic (exact) mass is 365 g/mol. The van der Waals surface area contributed by atoms with Crippen molar-refractivity contribution in [2.45, 2.75) is 17.4 Å². The number of benzene rings is 1. The van der Waals surface area contributed by atoms with Crippen molar-refractivity contribution in [3.8, 4) is 5.75 Å². The molecule has 1 aromatic carbocycles. The fraction of sp³-hybridized carbons (Fsp3) is 0.105. The van der Waals surface area contributed by atoms with Gasteiger partial charge < -0.3 is 4.74 Å². The fourth-order valence-corrected chi connectivity index (χ4v) is 4.25. The molecule has 0 aliphatic heterocycles. The van der Waals surface area contributed by atoms with Crippen LogP contribution >= 0.6 is 23.1 Å². The maximum atomic E-state index is 5.77. The topological polar surface area (TPSA) is 47.9 Å². The Bertz CT molecular complexity index is 955. The molecule has 0 bridgehead atoms. The molecule has 0 saturated carbocycles. The molecule has 0 atom stereocenters. The van der Waals surface area contributed by atoms with Crippen molar-refractivity contribution in [3.63, 3.8) is 0 Å². The van der Waals surface area contributed by atoms with Crippen LogP contribution in [0, 0.1) is 0 Å². The van der Waals surface area contributed by atoms with Crippen molar-refractivity contribution >= 4 is 33.3 Å². The summed E-state index contributed by atoms with van der Waals surface area (Å²) in [5.74, 6) is 1.71. The Morgan fingerprint density at radius 3 is 2.72 bits per heavy atom. The normalized spacial score (nSPS) is 10.9. The molecule has 0 unspecified atom stereocenters. The van der Waals surface area contributed by atoms with Crippen LogP contribution in [0.4, 0.5) is 0 Å². The van der Waals surface area contributed by atoms with Gasteiger partial charge in [-0.2, -0.15) is 0 Å². The summed E-state index contributed by atoms with van der Waals surface area (Å²) in [6, 6.07) is 16.0. The zero-order valence-corrected chi connectivity index (χ0v) is 15.0. The van der Waals surface area contributed by atoms with Gasteiger partial charge in [0, 0.05) is 11.9 Å². The Kier molecular flexibility index (Phi) is 4.90. The zero-order valence-electron chi connectivity index (χ0n) is 13.3. The number of thiophene rings is 1. The van der Waals surface area contributed by atoms with Crippen LogP contribution in [-0.4, -0.2) is 15.0 Å². The van der Waals surface area contributed by atoms with Crippen molar-refractivity contribution in [1.29, 1.82) is 0 Å². The largest absolute Gasteiger partial charge is 0.487 e. The van der Waals surface area contributed by atoms with Gasteiger partial charge in [-0.25, -0.2) is 9.97 Å². The average molecular weight is 365 g/mol. The highest BCUT2D eigenvalue weighted by atomic mass is 32.2. The first-order chi connectivity index (χ1) is 12.4. The lowest BCUT2D eigenvalue weighted by atomic mass is 10.2. The summed E-state index contributed by atoms with van der Waals surface area (Å²) in [4.78, 5) is 12.9. The summed E-state index contributed by atoms with van der Waals surface area (Å²) in [5, 5.41) is 3.09. The van der Waals surface area contributed by atoms with Gasteiger partial charge in [-0.15, -0.1) is 23.1 Å².